The van der Waals surface area contributed by atoms with Crippen molar-refractivity contribution >= 4 is 5.97 Å². The van der Waals surface area contributed by atoms with Gasteiger partial charge in [0.05, 0.1) is 13.2 Å². The number of hydrogen-bond donors (Lipinski definition) is 1. The zero-order chi connectivity index (χ0) is 13.4. The molecule has 1 saturated carbocycles. The zero-order valence-electron chi connectivity index (χ0n) is 11.7. The van der Waals surface area contributed by atoms with E-state index in [1.54, 1.807) is 7.11 Å². The fourth-order valence-electron chi connectivity index (χ4n) is 2.53. The molecule has 0 amide bonds. The quantitative estimate of drug-likeness (QED) is 0.548. The Morgan fingerprint density at radius 2 is 2.17 bits per heavy atom. The number of nitrogens with one attached hydrogen (secondary N) is 1. The van der Waals surface area contributed by atoms with E-state index in [-0.39, 0.29) is 12.1 Å². The summed E-state index contributed by atoms with van der Waals surface area (Å²) in [5.41, 5.74) is -0.571. The van der Waals surface area contributed by atoms with Crippen molar-refractivity contribution in [2.24, 2.45) is 0 Å². The summed E-state index contributed by atoms with van der Waals surface area (Å²) in [7, 11) is 4.93. The lowest BCUT2D eigenvalue weighted by atomic mass is 9.80. The lowest BCUT2D eigenvalue weighted by Crippen LogP contribution is -2.55. The standard InChI is InChI=1S/C13H25NO4/c1-14-13(12(15)17-3)7-4-6-11(10-13)18-9-5-8-16-2/h11,14H,4-10H2,1-3H3. The second-order valence-corrected chi connectivity index (χ2v) is 4.76. The average molecular weight is 259 g/mol. The number of carbonyl (C=O) groups excluding carboxylic acids is 1. The minimum Gasteiger partial charge on any atom is -0.468 e. The van der Waals surface area contributed by atoms with Crippen molar-refractivity contribution in [3.05, 3.63) is 0 Å². The van der Waals surface area contributed by atoms with Crippen LogP contribution in [0.15, 0.2) is 0 Å². The Hall–Kier alpha value is -0.650. The molecule has 1 rings (SSSR count). The van der Waals surface area contributed by atoms with Crippen LogP contribution in [-0.2, 0) is 19.0 Å². The molecule has 5 nitrogen and oxygen atoms in total. The summed E-state index contributed by atoms with van der Waals surface area (Å²) >= 11 is 0. The van der Waals surface area contributed by atoms with Crippen molar-refractivity contribution in [2.75, 3.05) is 34.5 Å². The third-order valence-corrected chi connectivity index (χ3v) is 3.61. The molecule has 18 heavy (non-hydrogen) atoms. The minimum absolute atomic E-state index is 0.127. The van der Waals surface area contributed by atoms with E-state index in [1.165, 1.54) is 7.11 Å². The van der Waals surface area contributed by atoms with Crippen LogP contribution in [0.1, 0.15) is 32.1 Å². The van der Waals surface area contributed by atoms with Gasteiger partial charge in [0.1, 0.15) is 5.54 Å². The van der Waals surface area contributed by atoms with E-state index in [4.69, 9.17) is 14.2 Å². The summed E-state index contributed by atoms with van der Waals surface area (Å²) in [6.07, 6.45) is 4.50. The molecule has 2 unspecified atom stereocenters. The highest BCUT2D eigenvalue weighted by Crippen LogP contribution is 2.31. The molecule has 0 radical (unpaired) electrons. The van der Waals surface area contributed by atoms with Crippen molar-refractivity contribution in [3.8, 4) is 0 Å². The smallest absolute Gasteiger partial charge is 0.326 e. The van der Waals surface area contributed by atoms with E-state index in [1.807, 2.05) is 7.05 Å². The van der Waals surface area contributed by atoms with Gasteiger partial charge in [0.15, 0.2) is 0 Å². The van der Waals surface area contributed by atoms with Gasteiger partial charge in [-0.15, -0.1) is 0 Å². The fourth-order valence-corrected chi connectivity index (χ4v) is 2.53. The molecule has 0 aromatic carbocycles. The summed E-state index contributed by atoms with van der Waals surface area (Å²) in [6.45, 7) is 1.39. The molecular weight excluding hydrogens is 234 g/mol. The summed E-state index contributed by atoms with van der Waals surface area (Å²) in [6, 6.07) is 0. The van der Waals surface area contributed by atoms with Crippen LogP contribution >= 0.6 is 0 Å². The van der Waals surface area contributed by atoms with E-state index in [0.717, 1.165) is 25.7 Å². The van der Waals surface area contributed by atoms with Crippen LogP contribution in [0.3, 0.4) is 0 Å². The van der Waals surface area contributed by atoms with Gasteiger partial charge in [0, 0.05) is 26.7 Å². The maximum absolute atomic E-state index is 11.9. The van der Waals surface area contributed by atoms with Gasteiger partial charge >= 0.3 is 5.97 Å². The largest absolute Gasteiger partial charge is 0.468 e. The molecule has 1 fully saturated rings. The molecule has 0 aromatic heterocycles. The van der Waals surface area contributed by atoms with Gasteiger partial charge in [-0.05, 0) is 32.7 Å². The normalized spacial score (nSPS) is 28.1. The van der Waals surface area contributed by atoms with E-state index in [0.29, 0.717) is 19.6 Å². The van der Waals surface area contributed by atoms with Crippen molar-refractivity contribution in [1.29, 1.82) is 0 Å². The summed E-state index contributed by atoms with van der Waals surface area (Å²) in [4.78, 5) is 11.9. The monoisotopic (exact) mass is 259 g/mol. The third kappa shape index (κ3) is 3.93. The molecule has 0 aliphatic heterocycles. The topological polar surface area (TPSA) is 56.8 Å². The maximum Gasteiger partial charge on any atom is 0.326 e. The molecule has 1 N–H and O–H groups in total. The predicted molar refractivity (Wildman–Crippen MR) is 68.5 cm³/mol. The Morgan fingerprint density at radius 3 is 2.78 bits per heavy atom. The van der Waals surface area contributed by atoms with Gasteiger partial charge in [-0.3, -0.25) is 4.79 Å². The van der Waals surface area contributed by atoms with Crippen molar-refractivity contribution in [1.82, 2.24) is 5.32 Å². The average Bonchev–Trinajstić information content (AvgIpc) is 2.43. The zero-order valence-corrected chi connectivity index (χ0v) is 11.7. The van der Waals surface area contributed by atoms with Crippen LogP contribution in [0.4, 0.5) is 0 Å². The maximum atomic E-state index is 11.9. The number of hydrogen-bond acceptors (Lipinski definition) is 5. The lowest BCUT2D eigenvalue weighted by molar-refractivity contribution is -0.152. The summed E-state index contributed by atoms with van der Waals surface area (Å²) in [5.74, 6) is -0.185. The highest BCUT2D eigenvalue weighted by atomic mass is 16.5. The van der Waals surface area contributed by atoms with Crippen molar-refractivity contribution < 1.29 is 19.0 Å². The molecule has 2 atom stereocenters. The van der Waals surface area contributed by atoms with Gasteiger partial charge in [-0.25, -0.2) is 0 Å². The summed E-state index contributed by atoms with van der Waals surface area (Å²) < 4.78 is 15.7. The molecule has 0 heterocycles. The van der Waals surface area contributed by atoms with Gasteiger partial charge in [0.2, 0.25) is 0 Å². The number of esters is 1. The lowest BCUT2D eigenvalue weighted by Gasteiger charge is -2.38. The first-order chi connectivity index (χ1) is 8.68. The second-order valence-electron chi connectivity index (χ2n) is 4.76. The van der Waals surface area contributed by atoms with Crippen LogP contribution in [0, 0.1) is 0 Å². The number of rotatable bonds is 7. The molecule has 1 aliphatic rings. The fraction of sp³-hybridized carbons (Fsp3) is 0.923. The Bertz CT molecular complexity index is 259. The van der Waals surface area contributed by atoms with E-state index >= 15 is 0 Å². The van der Waals surface area contributed by atoms with E-state index in [2.05, 4.69) is 5.32 Å². The second kappa shape index (κ2) is 7.71. The Morgan fingerprint density at radius 1 is 1.39 bits per heavy atom. The number of likely N-dealkylation sites (N-methyl/N-ethyl adjacent to an activating group) is 1. The van der Waals surface area contributed by atoms with Gasteiger partial charge < -0.3 is 19.5 Å². The van der Waals surface area contributed by atoms with Crippen LogP contribution in [0.5, 0.6) is 0 Å². The molecule has 0 spiro atoms. The molecule has 5 heteroatoms. The number of carbonyl (C=O) groups is 1. The van der Waals surface area contributed by atoms with Crippen molar-refractivity contribution in [3.63, 3.8) is 0 Å². The SMILES string of the molecule is CNC1(C(=O)OC)CCCC(OCCCOC)C1. The Labute approximate surface area is 109 Å². The summed E-state index contributed by atoms with van der Waals surface area (Å²) in [5, 5.41) is 3.12. The highest BCUT2D eigenvalue weighted by Gasteiger charge is 2.42. The minimum atomic E-state index is -0.571. The molecule has 0 aromatic rings. The molecule has 0 saturated heterocycles. The Balaban J connectivity index is 2.45. The number of ether oxygens (including phenoxy) is 3. The van der Waals surface area contributed by atoms with Crippen LogP contribution in [0.25, 0.3) is 0 Å². The molecular formula is C13H25NO4. The number of methoxy groups -OCH3 is 2. The molecule has 106 valence electrons. The molecule has 1 aliphatic carbocycles. The van der Waals surface area contributed by atoms with Gasteiger partial charge in [0.25, 0.3) is 0 Å². The first kappa shape index (κ1) is 15.4. The van der Waals surface area contributed by atoms with Crippen LogP contribution in [0.2, 0.25) is 0 Å². The van der Waals surface area contributed by atoms with E-state index in [9.17, 15) is 4.79 Å². The van der Waals surface area contributed by atoms with Crippen molar-refractivity contribution in [2.45, 2.75) is 43.7 Å². The Kier molecular flexibility index (Phi) is 6.60. The van der Waals surface area contributed by atoms with Crippen LogP contribution < -0.4 is 5.32 Å². The highest BCUT2D eigenvalue weighted by molar-refractivity contribution is 5.80. The van der Waals surface area contributed by atoms with E-state index < -0.39 is 5.54 Å². The first-order valence-electron chi connectivity index (χ1n) is 6.56. The first-order valence-corrected chi connectivity index (χ1v) is 6.56. The third-order valence-electron chi connectivity index (χ3n) is 3.61. The van der Waals surface area contributed by atoms with Gasteiger partial charge in [-0.2, -0.15) is 0 Å². The van der Waals surface area contributed by atoms with Gasteiger partial charge in [-0.1, -0.05) is 0 Å². The molecule has 0 bridgehead atoms. The van der Waals surface area contributed by atoms with Crippen LogP contribution in [-0.4, -0.2) is 52.1 Å². The predicted octanol–water partition coefficient (Wildman–Crippen LogP) is 1.11.